The summed E-state index contributed by atoms with van der Waals surface area (Å²) in [5, 5.41) is 0. The number of pyridine rings is 1. The maximum absolute atomic E-state index is 12.1. The number of imidazole rings is 1. The number of carbonyl (C=O) groups is 1. The Morgan fingerprint density at radius 3 is 2.53 bits per heavy atom. The van der Waals surface area contributed by atoms with E-state index in [1.165, 1.54) is 0 Å². The molecule has 0 saturated heterocycles. The van der Waals surface area contributed by atoms with Crippen LogP contribution in [-0.2, 0) is 6.54 Å². The van der Waals surface area contributed by atoms with Gasteiger partial charge in [-0.15, -0.1) is 0 Å². The third-order valence-corrected chi connectivity index (χ3v) is 2.92. The summed E-state index contributed by atoms with van der Waals surface area (Å²) >= 11 is 0. The van der Waals surface area contributed by atoms with Crippen molar-refractivity contribution in [2.24, 2.45) is 0 Å². The Kier molecular flexibility index (Phi) is 4.12. The van der Waals surface area contributed by atoms with Gasteiger partial charge in [0.1, 0.15) is 6.20 Å². The second kappa shape index (κ2) is 5.80. The minimum absolute atomic E-state index is 0. The number of nitrogens with zero attached hydrogens (tertiary/aromatic N) is 2. The monoisotopic (exact) mass is 316 g/mol. The summed E-state index contributed by atoms with van der Waals surface area (Å²) < 4.78 is 3.91. The van der Waals surface area contributed by atoms with Crippen LogP contribution < -0.4 is 21.4 Å². The van der Waals surface area contributed by atoms with Gasteiger partial charge in [-0.1, -0.05) is 36.4 Å². The molecule has 0 amide bonds. The molecular weight excluding hydrogens is 304 g/mol. The van der Waals surface area contributed by atoms with Gasteiger partial charge in [0.05, 0.1) is 6.20 Å². The number of aromatic nitrogens is 2. The van der Waals surface area contributed by atoms with Gasteiger partial charge in [-0.25, -0.2) is 8.97 Å². The van der Waals surface area contributed by atoms with E-state index in [0.717, 1.165) is 11.1 Å². The zero-order valence-corrected chi connectivity index (χ0v) is 11.8. The first-order chi connectivity index (χ1) is 8.83. The fourth-order valence-corrected chi connectivity index (χ4v) is 2.01. The molecule has 3 nitrogen and oxygen atoms in total. The van der Waals surface area contributed by atoms with E-state index in [-0.39, 0.29) is 22.8 Å². The van der Waals surface area contributed by atoms with Crippen LogP contribution in [0.2, 0.25) is 0 Å². The fraction of sp³-hybridized carbons (Fsp3) is 0.0667. The van der Waals surface area contributed by atoms with Crippen molar-refractivity contribution in [1.29, 1.82) is 0 Å². The van der Waals surface area contributed by atoms with Crippen molar-refractivity contribution in [2.45, 2.75) is 6.54 Å². The predicted molar refractivity (Wildman–Crippen MR) is 68.4 cm³/mol. The van der Waals surface area contributed by atoms with Gasteiger partial charge in [-0.2, -0.15) is 0 Å². The highest BCUT2D eigenvalue weighted by atomic mass is 79.9. The van der Waals surface area contributed by atoms with Crippen LogP contribution in [0.4, 0.5) is 0 Å². The van der Waals surface area contributed by atoms with Crippen LogP contribution in [0.1, 0.15) is 10.4 Å². The zero-order chi connectivity index (χ0) is 12.4. The quantitative estimate of drug-likeness (QED) is 0.455. The number of carbonyl (C=O) groups excluding carboxylic acids is 1. The second-order valence-electron chi connectivity index (χ2n) is 4.24. The summed E-state index contributed by atoms with van der Waals surface area (Å²) in [7, 11) is 0. The van der Waals surface area contributed by atoms with Crippen molar-refractivity contribution in [3.05, 3.63) is 72.8 Å². The van der Waals surface area contributed by atoms with E-state index in [4.69, 9.17) is 0 Å². The third-order valence-electron chi connectivity index (χ3n) is 2.92. The lowest BCUT2D eigenvalue weighted by atomic mass is 10.1. The lowest BCUT2D eigenvalue weighted by Crippen LogP contribution is -3.00. The Morgan fingerprint density at radius 2 is 1.79 bits per heavy atom. The van der Waals surface area contributed by atoms with Gasteiger partial charge >= 0.3 is 0 Å². The first kappa shape index (κ1) is 13.5. The highest BCUT2D eigenvalue weighted by Crippen LogP contribution is 2.03. The number of fused-ring (bicyclic) bond motifs is 1. The molecule has 19 heavy (non-hydrogen) atoms. The number of benzene rings is 1. The summed E-state index contributed by atoms with van der Waals surface area (Å²) in [4.78, 5) is 12.1. The minimum atomic E-state index is 0. The van der Waals surface area contributed by atoms with Crippen LogP contribution in [0.15, 0.2) is 67.3 Å². The van der Waals surface area contributed by atoms with Crippen molar-refractivity contribution in [3.8, 4) is 0 Å². The lowest BCUT2D eigenvalue weighted by Gasteiger charge is -1.96. The van der Waals surface area contributed by atoms with Crippen molar-refractivity contribution in [1.82, 2.24) is 4.57 Å². The van der Waals surface area contributed by atoms with Gasteiger partial charge in [0, 0.05) is 5.56 Å². The summed E-state index contributed by atoms with van der Waals surface area (Å²) in [6, 6.07) is 15.3. The topological polar surface area (TPSA) is 26.1 Å². The first-order valence-electron chi connectivity index (χ1n) is 5.87. The number of hydrogen-bond acceptors (Lipinski definition) is 1. The molecule has 3 aromatic rings. The molecule has 0 radical (unpaired) electrons. The molecule has 0 aliphatic rings. The van der Waals surface area contributed by atoms with Gasteiger partial charge in [0.2, 0.25) is 12.1 Å². The maximum atomic E-state index is 12.1. The fourth-order valence-electron chi connectivity index (χ4n) is 2.01. The van der Waals surface area contributed by atoms with Crippen LogP contribution in [0.25, 0.3) is 5.52 Å². The summed E-state index contributed by atoms with van der Waals surface area (Å²) in [5.74, 6) is 0.122. The average Bonchev–Trinajstić information content (AvgIpc) is 2.82. The van der Waals surface area contributed by atoms with E-state index in [0.29, 0.717) is 6.54 Å². The molecule has 2 aromatic heterocycles. The molecule has 0 fully saturated rings. The highest BCUT2D eigenvalue weighted by molar-refractivity contribution is 5.95. The highest BCUT2D eigenvalue weighted by Gasteiger charge is 2.11. The van der Waals surface area contributed by atoms with Crippen LogP contribution in [-0.4, -0.2) is 10.4 Å². The second-order valence-corrected chi connectivity index (χ2v) is 4.24. The molecule has 3 rings (SSSR count). The molecule has 2 heterocycles. The smallest absolute Gasteiger partial charge is 0.249 e. The Morgan fingerprint density at radius 1 is 1.05 bits per heavy atom. The van der Waals surface area contributed by atoms with E-state index >= 15 is 0 Å². The molecule has 0 aliphatic carbocycles. The van der Waals surface area contributed by atoms with Crippen LogP contribution >= 0.6 is 0 Å². The number of rotatable bonds is 3. The SMILES string of the molecule is O=C(Cn1cc2cccc[n+]2c1)c1ccccc1.[Br-]. The minimum Gasteiger partial charge on any atom is -1.00 e. The lowest BCUT2D eigenvalue weighted by molar-refractivity contribution is -0.512. The van der Waals surface area contributed by atoms with Crippen molar-refractivity contribution < 1.29 is 26.2 Å². The van der Waals surface area contributed by atoms with Crippen molar-refractivity contribution in [2.75, 3.05) is 0 Å². The summed E-state index contributed by atoms with van der Waals surface area (Å²) in [5.41, 5.74) is 1.83. The Balaban J connectivity index is 0.00000133. The first-order valence-corrected chi connectivity index (χ1v) is 5.87. The average molecular weight is 317 g/mol. The molecule has 0 N–H and O–H groups in total. The largest absolute Gasteiger partial charge is 1.00 e. The summed E-state index contributed by atoms with van der Waals surface area (Å²) in [6.45, 7) is 0.367. The molecule has 0 spiro atoms. The van der Waals surface area contributed by atoms with Gasteiger partial charge in [0.15, 0.2) is 12.1 Å². The molecule has 0 bridgehead atoms. The molecule has 0 unspecified atom stereocenters. The molecule has 96 valence electrons. The van der Waals surface area contributed by atoms with Crippen LogP contribution in [0.5, 0.6) is 0 Å². The van der Waals surface area contributed by atoms with E-state index < -0.39 is 0 Å². The Hall–Kier alpha value is -1.94. The van der Waals surface area contributed by atoms with Gasteiger partial charge < -0.3 is 17.0 Å². The summed E-state index contributed by atoms with van der Waals surface area (Å²) in [6.07, 6.45) is 5.87. The van der Waals surface area contributed by atoms with Gasteiger partial charge in [0.25, 0.3) is 0 Å². The number of ketones is 1. The van der Waals surface area contributed by atoms with Gasteiger partial charge in [-0.3, -0.25) is 4.79 Å². The molecule has 4 heteroatoms. The van der Waals surface area contributed by atoms with Crippen molar-refractivity contribution in [3.63, 3.8) is 0 Å². The third kappa shape index (κ3) is 2.90. The predicted octanol–water partition coefficient (Wildman–Crippen LogP) is -0.886. The zero-order valence-electron chi connectivity index (χ0n) is 10.2. The molecule has 1 aromatic carbocycles. The molecule has 0 saturated carbocycles. The normalized spacial score (nSPS) is 10.1. The molecule has 0 aliphatic heterocycles. The molecule has 0 atom stereocenters. The van der Waals surface area contributed by atoms with Gasteiger partial charge in [-0.05, 0) is 12.1 Å². The van der Waals surface area contributed by atoms with E-state index in [1.54, 1.807) is 0 Å². The number of hydrogen-bond donors (Lipinski definition) is 0. The Labute approximate surface area is 121 Å². The van der Waals surface area contributed by atoms with Crippen LogP contribution in [0, 0.1) is 0 Å². The number of Topliss-reactive ketones (excluding diaryl/α,β-unsaturated/α-hetero) is 1. The maximum Gasteiger partial charge on any atom is 0.249 e. The Bertz CT molecular complexity index is 658. The number of halogens is 1. The van der Waals surface area contributed by atoms with E-state index in [9.17, 15) is 4.79 Å². The van der Waals surface area contributed by atoms with Crippen LogP contribution in [0.3, 0.4) is 0 Å². The van der Waals surface area contributed by atoms with Crippen molar-refractivity contribution >= 4 is 11.3 Å². The molecular formula is C15H13BrN2O. The van der Waals surface area contributed by atoms with E-state index in [2.05, 4.69) is 0 Å². The standard InChI is InChI=1S/C15H13N2O.BrH/c18-15(13-6-2-1-3-7-13)11-16-10-14-8-4-5-9-17(14)12-16;/h1-10,12H,11H2;1H/q+1;/p-1. The van der Waals surface area contributed by atoms with E-state index in [1.807, 2.05) is 76.2 Å².